The van der Waals surface area contributed by atoms with E-state index in [1.54, 1.807) is 4.57 Å². The number of amides is 1. The van der Waals surface area contributed by atoms with Crippen LogP contribution in [-0.4, -0.2) is 28.6 Å². The van der Waals surface area contributed by atoms with Gasteiger partial charge in [-0.05, 0) is 12.1 Å². The SMILES string of the molecule is CON1C(=C=O)n2c(cc3ccccc32)C1CC(N)=O. The van der Waals surface area contributed by atoms with Crippen molar-refractivity contribution in [3.8, 4) is 0 Å². The number of carbonyl (C=O) groups excluding carboxylic acids is 2. The molecule has 0 saturated heterocycles. The zero-order valence-electron chi connectivity index (χ0n) is 10.9. The maximum Gasteiger partial charge on any atom is 0.225 e. The van der Waals surface area contributed by atoms with E-state index in [0.29, 0.717) is 0 Å². The van der Waals surface area contributed by atoms with Gasteiger partial charge in [-0.15, -0.1) is 0 Å². The van der Waals surface area contributed by atoms with Crippen molar-refractivity contribution < 1.29 is 14.4 Å². The number of para-hydroxylation sites is 1. The van der Waals surface area contributed by atoms with Gasteiger partial charge in [-0.25, -0.2) is 9.86 Å². The highest BCUT2D eigenvalue weighted by atomic mass is 16.7. The van der Waals surface area contributed by atoms with Crippen LogP contribution in [0.4, 0.5) is 0 Å². The fourth-order valence-electron chi connectivity index (χ4n) is 2.71. The molecule has 3 rings (SSSR count). The molecule has 20 heavy (non-hydrogen) atoms. The number of fused-ring (bicyclic) bond motifs is 3. The van der Waals surface area contributed by atoms with Crippen LogP contribution in [0.2, 0.25) is 0 Å². The summed E-state index contributed by atoms with van der Waals surface area (Å²) >= 11 is 0. The minimum absolute atomic E-state index is 0.0648. The smallest absolute Gasteiger partial charge is 0.225 e. The molecule has 2 N–H and O–H groups in total. The van der Waals surface area contributed by atoms with Crippen molar-refractivity contribution in [1.82, 2.24) is 9.63 Å². The first kappa shape index (κ1) is 12.5. The van der Waals surface area contributed by atoms with Gasteiger partial charge in [0.25, 0.3) is 0 Å². The molecule has 2 heterocycles. The zero-order valence-corrected chi connectivity index (χ0v) is 10.9. The fourth-order valence-corrected chi connectivity index (χ4v) is 2.71. The Kier molecular flexibility index (Phi) is 2.82. The van der Waals surface area contributed by atoms with Crippen LogP contribution in [0.5, 0.6) is 0 Å². The number of nitrogens with zero attached hydrogens (tertiary/aromatic N) is 2. The van der Waals surface area contributed by atoms with Crippen molar-refractivity contribution in [3.63, 3.8) is 0 Å². The molecule has 0 aliphatic carbocycles. The van der Waals surface area contributed by atoms with Gasteiger partial charge < -0.3 is 5.73 Å². The topological polar surface area (TPSA) is 77.6 Å². The van der Waals surface area contributed by atoms with Gasteiger partial charge >= 0.3 is 0 Å². The number of aromatic nitrogens is 1. The monoisotopic (exact) mass is 271 g/mol. The van der Waals surface area contributed by atoms with Crippen LogP contribution in [0.15, 0.2) is 30.3 Å². The summed E-state index contributed by atoms with van der Waals surface area (Å²) in [4.78, 5) is 27.8. The van der Waals surface area contributed by atoms with Gasteiger partial charge in [0.15, 0.2) is 5.94 Å². The van der Waals surface area contributed by atoms with E-state index >= 15 is 0 Å². The number of benzene rings is 1. The fraction of sp³-hybridized carbons (Fsp3) is 0.214. The van der Waals surface area contributed by atoms with Gasteiger partial charge in [0.05, 0.1) is 24.7 Å². The van der Waals surface area contributed by atoms with Crippen molar-refractivity contribution in [3.05, 3.63) is 36.0 Å². The molecule has 0 fully saturated rings. The third-order valence-corrected chi connectivity index (χ3v) is 3.47. The lowest BCUT2D eigenvalue weighted by molar-refractivity contribution is -0.129. The van der Waals surface area contributed by atoms with Gasteiger partial charge in [0, 0.05) is 5.39 Å². The molecule has 1 amide bonds. The predicted molar refractivity (Wildman–Crippen MR) is 72.7 cm³/mol. The molecule has 0 radical (unpaired) electrons. The van der Waals surface area contributed by atoms with Crippen LogP contribution in [0.3, 0.4) is 0 Å². The molecule has 6 heteroatoms. The number of rotatable bonds is 3. The number of carbonyl (C=O) groups is 1. The highest BCUT2D eigenvalue weighted by molar-refractivity contribution is 5.91. The van der Waals surface area contributed by atoms with Gasteiger partial charge in [0.1, 0.15) is 6.04 Å². The van der Waals surface area contributed by atoms with E-state index < -0.39 is 11.9 Å². The van der Waals surface area contributed by atoms with E-state index in [0.717, 1.165) is 16.6 Å². The minimum Gasteiger partial charge on any atom is -0.370 e. The maximum atomic E-state index is 11.3. The Morgan fingerprint density at radius 3 is 2.85 bits per heavy atom. The molecule has 1 unspecified atom stereocenters. The number of primary amides is 1. The average Bonchev–Trinajstić information content (AvgIpc) is 2.93. The standard InChI is InChI=1S/C14H13N3O3/c1-20-17-12(7-13(15)19)11-6-9-4-2-3-5-10(9)16(11)14(17)8-18/h2-6,12H,7H2,1H3,(H2,15,19). The summed E-state index contributed by atoms with van der Waals surface area (Å²) in [7, 11) is 1.44. The van der Waals surface area contributed by atoms with Gasteiger partial charge in [-0.3, -0.25) is 14.2 Å². The van der Waals surface area contributed by atoms with Gasteiger partial charge in [-0.2, -0.15) is 0 Å². The van der Waals surface area contributed by atoms with Crippen LogP contribution in [0.1, 0.15) is 18.2 Å². The molecule has 1 aliphatic heterocycles. The summed E-state index contributed by atoms with van der Waals surface area (Å²) in [6, 6.07) is 9.16. The number of hydrogen-bond donors (Lipinski definition) is 1. The van der Waals surface area contributed by atoms with E-state index in [-0.39, 0.29) is 12.2 Å². The molecule has 0 bridgehead atoms. The van der Waals surface area contributed by atoms with Crippen molar-refractivity contribution in [2.45, 2.75) is 12.5 Å². The van der Waals surface area contributed by atoms with Gasteiger partial charge in [-0.1, -0.05) is 18.2 Å². The van der Waals surface area contributed by atoms with Crippen LogP contribution < -0.4 is 5.73 Å². The average molecular weight is 271 g/mol. The first-order valence-corrected chi connectivity index (χ1v) is 6.15. The lowest BCUT2D eigenvalue weighted by Gasteiger charge is -2.21. The van der Waals surface area contributed by atoms with Crippen LogP contribution in [-0.2, 0) is 14.4 Å². The van der Waals surface area contributed by atoms with Crippen LogP contribution >= 0.6 is 0 Å². The van der Waals surface area contributed by atoms with E-state index in [2.05, 4.69) is 0 Å². The van der Waals surface area contributed by atoms with Gasteiger partial charge in [0.2, 0.25) is 11.7 Å². The van der Waals surface area contributed by atoms with E-state index in [9.17, 15) is 9.59 Å². The van der Waals surface area contributed by atoms with Crippen molar-refractivity contribution in [2.75, 3.05) is 7.11 Å². The molecule has 1 aliphatic rings. The van der Waals surface area contributed by atoms with Crippen LogP contribution in [0, 0.1) is 0 Å². The van der Waals surface area contributed by atoms with Crippen molar-refractivity contribution >= 4 is 28.6 Å². The highest BCUT2D eigenvalue weighted by Crippen LogP contribution is 2.41. The first-order chi connectivity index (χ1) is 9.67. The summed E-state index contributed by atoms with van der Waals surface area (Å²) in [6.07, 6.45) is 0.0648. The Labute approximate surface area is 115 Å². The second-order valence-electron chi connectivity index (χ2n) is 4.58. The maximum absolute atomic E-state index is 11.3. The van der Waals surface area contributed by atoms with E-state index in [1.165, 1.54) is 12.2 Å². The van der Waals surface area contributed by atoms with Crippen LogP contribution in [0.25, 0.3) is 16.7 Å². The highest BCUT2D eigenvalue weighted by Gasteiger charge is 2.37. The Hall–Kier alpha value is -2.56. The molecule has 1 aromatic heterocycles. The largest absolute Gasteiger partial charge is 0.370 e. The summed E-state index contributed by atoms with van der Waals surface area (Å²) in [5, 5.41) is 2.36. The second kappa shape index (κ2) is 4.52. The second-order valence-corrected chi connectivity index (χ2v) is 4.58. The van der Waals surface area contributed by atoms with E-state index in [1.807, 2.05) is 36.3 Å². The number of hydroxylamine groups is 2. The molecule has 1 aromatic carbocycles. The molecule has 2 aromatic rings. The summed E-state index contributed by atoms with van der Waals surface area (Å²) in [6.45, 7) is 0. The van der Waals surface area contributed by atoms with E-state index in [4.69, 9.17) is 10.6 Å². The normalized spacial score (nSPS) is 17.4. The molecule has 0 spiro atoms. The Balaban J connectivity index is 2.25. The quantitative estimate of drug-likeness (QED) is 0.847. The predicted octanol–water partition coefficient (Wildman–Crippen LogP) is 1.06. The van der Waals surface area contributed by atoms with Crippen molar-refractivity contribution in [2.24, 2.45) is 5.73 Å². The number of nitrogens with two attached hydrogens (primary N) is 1. The molecule has 0 saturated carbocycles. The molecule has 1 atom stereocenters. The van der Waals surface area contributed by atoms with Crippen molar-refractivity contribution in [1.29, 1.82) is 0 Å². The molecular weight excluding hydrogens is 258 g/mol. The summed E-state index contributed by atoms with van der Waals surface area (Å²) in [5.74, 6) is 1.66. The lowest BCUT2D eigenvalue weighted by Crippen LogP contribution is -2.25. The molecule has 102 valence electrons. The first-order valence-electron chi connectivity index (χ1n) is 6.15. The Morgan fingerprint density at radius 1 is 1.45 bits per heavy atom. The Morgan fingerprint density at radius 2 is 2.20 bits per heavy atom. The molecule has 6 nitrogen and oxygen atoms in total. The third kappa shape index (κ3) is 1.63. The zero-order chi connectivity index (χ0) is 14.3. The number of hydrogen-bond acceptors (Lipinski definition) is 4. The molecular formula is C14H13N3O3. The minimum atomic E-state index is -0.457. The summed E-state index contributed by atoms with van der Waals surface area (Å²) < 4.78 is 1.75. The summed E-state index contributed by atoms with van der Waals surface area (Å²) in [5.41, 5.74) is 6.96. The lowest BCUT2D eigenvalue weighted by atomic mass is 10.1. The third-order valence-electron chi connectivity index (χ3n) is 3.47. The Bertz CT molecular complexity index is 743.